The molecule has 0 radical (unpaired) electrons. The van der Waals surface area contributed by atoms with E-state index in [1.807, 2.05) is 0 Å². The maximum absolute atomic E-state index is 11.9. The molecule has 0 aliphatic heterocycles. The van der Waals surface area contributed by atoms with Crippen LogP contribution in [0.4, 0.5) is 13.2 Å². The Bertz CT molecular complexity index is 535. The van der Waals surface area contributed by atoms with Crippen molar-refractivity contribution in [1.82, 2.24) is 10.6 Å². The summed E-state index contributed by atoms with van der Waals surface area (Å²) in [6.07, 6.45) is -4.48. The average Bonchev–Trinajstić information content (AvgIpc) is 2.50. The van der Waals surface area contributed by atoms with Gasteiger partial charge in [0, 0.05) is 4.90 Å². The van der Waals surface area contributed by atoms with Crippen LogP contribution in [0.3, 0.4) is 0 Å². The van der Waals surface area contributed by atoms with Gasteiger partial charge >= 0.3 is 6.18 Å². The van der Waals surface area contributed by atoms with E-state index < -0.39 is 36.3 Å². The zero-order valence-corrected chi connectivity index (χ0v) is 13.4. The van der Waals surface area contributed by atoms with Crippen LogP contribution in [-0.2, 0) is 9.59 Å². The molecule has 0 spiro atoms. The third-order valence-corrected chi connectivity index (χ3v) is 3.76. The number of methoxy groups -OCH3 is 1. The minimum Gasteiger partial charge on any atom is -0.497 e. The number of benzene rings is 1. The van der Waals surface area contributed by atoms with Crippen molar-refractivity contribution in [1.29, 1.82) is 0 Å². The van der Waals surface area contributed by atoms with Crippen LogP contribution in [0.5, 0.6) is 5.75 Å². The van der Waals surface area contributed by atoms with Gasteiger partial charge in [-0.15, -0.1) is 11.8 Å². The zero-order chi connectivity index (χ0) is 17.5. The number of hydrogen-bond acceptors (Lipinski definition) is 4. The smallest absolute Gasteiger partial charge is 0.405 e. The Hall–Kier alpha value is -1.90. The molecular weight excluding hydrogens is 333 g/mol. The molecule has 1 aromatic rings. The van der Waals surface area contributed by atoms with Gasteiger partial charge in [-0.25, -0.2) is 0 Å². The summed E-state index contributed by atoms with van der Waals surface area (Å²) in [6.45, 7) is -0.280. The van der Waals surface area contributed by atoms with Crippen molar-refractivity contribution in [2.45, 2.75) is 23.2 Å². The zero-order valence-electron chi connectivity index (χ0n) is 12.6. The molecule has 1 rings (SSSR count). The van der Waals surface area contributed by atoms with Crippen molar-refractivity contribution in [3.63, 3.8) is 0 Å². The van der Waals surface area contributed by atoms with Crippen molar-refractivity contribution in [2.24, 2.45) is 0 Å². The van der Waals surface area contributed by atoms with Crippen LogP contribution >= 0.6 is 11.8 Å². The second-order valence-electron chi connectivity index (χ2n) is 4.55. The van der Waals surface area contributed by atoms with Gasteiger partial charge in [0.2, 0.25) is 11.8 Å². The Morgan fingerprint density at radius 1 is 1.22 bits per heavy atom. The first-order chi connectivity index (χ1) is 10.7. The van der Waals surface area contributed by atoms with E-state index >= 15 is 0 Å². The van der Waals surface area contributed by atoms with Gasteiger partial charge in [0.1, 0.15) is 12.3 Å². The lowest BCUT2D eigenvalue weighted by molar-refractivity contribution is -0.138. The largest absolute Gasteiger partial charge is 0.497 e. The topological polar surface area (TPSA) is 67.4 Å². The molecule has 23 heavy (non-hydrogen) atoms. The van der Waals surface area contributed by atoms with Gasteiger partial charge < -0.3 is 15.4 Å². The number of thioether (sulfide) groups is 1. The Labute approximate surface area is 136 Å². The van der Waals surface area contributed by atoms with Gasteiger partial charge in [-0.1, -0.05) is 0 Å². The monoisotopic (exact) mass is 350 g/mol. The standard InChI is InChI=1S/C14H17F3N2O3S/c1-9(23-11-5-3-10(22-2)4-6-11)13(21)18-7-12(20)19-8-14(15,16)17/h3-6,9H,7-8H2,1-2H3,(H,18,21)(H,19,20). The molecule has 0 saturated heterocycles. The van der Waals surface area contributed by atoms with Gasteiger partial charge in [-0.05, 0) is 31.2 Å². The van der Waals surface area contributed by atoms with Crippen molar-refractivity contribution < 1.29 is 27.5 Å². The van der Waals surface area contributed by atoms with Crippen molar-refractivity contribution >= 4 is 23.6 Å². The predicted molar refractivity (Wildman–Crippen MR) is 80.4 cm³/mol. The number of carbonyl (C=O) groups is 2. The summed E-state index contributed by atoms with van der Waals surface area (Å²) in [4.78, 5) is 23.8. The van der Waals surface area contributed by atoms with E-state index in [0.717, 1.165) is 4.90 Å². The number of rotatable bonds is 7. The fourth-order valence-corrected chi connectivity index (χ4v) is 2.38. The van der Waals surface area contributed by atoms with E-state index in [0.29, 0.717) is 5.75 Å². The van der Waals surface area contributed by atoms with Crippen LogP contribution in [0.25, 0.3) is 0 Å². The molecule has 9 heteroatoms. The van der Waals surface area contributed by atoms with Crippen molar-refractivity contribution in [3.05, 3.63) is 24.3 Å². The minimum atomic E-state index is -4.48. The number of halogens is 3. The Morgan fingerprint density at radius 3 is 2.35 bits per heavy atom. The molecule has 0 fully saturated rings. The maximum Gasteiger partial charge on any atom is 0.405 e. The van der Waals surface area contributed by atoms with Crippen LogP contribution in [0, 0.1) is 0 Å². The van der Waals surface area contributed by atoms with Crippen molar-refractivity contribution in [3.8, 4) is 5.75 Å². The molecule has 1 atom stereocenters. The van der Waals surface area contributed by atoms with Crippen LogP contribution in [0.15, 0.2) is 29.2 Å². The molecule has 0 bridgehead atoms. The summed E-state index contributed by atoms with van der Waals surface area (Å²) in [5.41, 5.74) is 0. The molecule has 0 aliphatic carbocycles. The Morgan fingerprint density at radius 2 is 1.83 bits per heavy atom. The van der Waals surface area contributed by atoms with Gasteiger partial charge in [0.25, 0.3) is 0 Å². The predicted octanol–water partition coefficient (Wildman–Crippen LogP) is 1.97. The highest BCUT2D eigenvalue weighted by Crippen LogP contribution is 2.25. The van der Waals surface area contributed by atoms with Gasteiger partial charge in [0.15, 0.2) is 0 Å². The highest BCUT2D eigenvalue weighted by molar-refractivity contribution is 8.00. The molecule has 0 heterocycles. The number of hydrogen-bond donors (Lipinski definition) is 2. The second-order valence-corrected chi connectivity index (χ2v) is 5.96. The maximum atomic E-state index is 11.9. The Kier molecular flexibility index (Phi) is 7.21. The highest BCUT2D eigenvalue weighted by atomic mass is 32.2. The molecular formula is C14H17F3N2O3S. The first-order valence-electron chi connectivity index (χ1n) is 6.63. The summed E-state index contributed by atoms with van der Waals surface area (Å²) in [5, 5.41) is 3.48. The molecule has 2 N–H and O–H groups in total. The highest BCUT2D eigenvalue weighted by Gasteiger charge is 2.27. The molecule has 5 nitrogen and oxygen atoms in total. The number of ether oxygens (including phenoxy) is 1. The third-order valence-electron chi connectivity index (χ3n) is 2.65. The summed E-state index contributed by atoms with van der Waals surface area (Å²) < 4.78 is 40.8. The number of carbonyl (C=O) groups excluding carboxylic acids is 2. The normalized spacial score (nSPS) is 12.4. The van der Waals surface area contributed by atoms with Gasteiger partial charge in [0.05, 0.1) is 18.9 Å². The summed E-state index contributed by atoms with van der Waals surface area (Å²) in [6, 6.07) is 7.06. The number of amides is 2. The molecule has 2 amide bonds. The fourth-order valence-electron chi connectivity index (χ4n) is 1.48. The lowest BCUT2D eigenvalue weighted by Crippen LogP contribution is -2.42. The first kappa shape index (κ1) is 19.1. The summed E-state index contributed by atoms with van der Waals surface area (Å²) in [5.74, 6) is -0.641. The minimum absolute atomic E-state index is 0.437. The van der Waals surface area contributed by atoms with Gasteiger partial charge in [-0.2, -0.15) is 13.2 Å². The van der Waals surface area contributed by atoms with E-state index in [9.17, 15) is 22.8 Å². The summed E-state index contributed by atoms with van der Waals surface area (Å²) in [7, 11) is 1.54. The lowest BCUT2D eigenvalue weighted by Gasteiger charge is -2.13. The molecule has 1 aromatic carbocycles. The summed E-state index contributed by atoms with van der Waals surface area (Å²) >= 11 is 1.26. The van der Waals surface area contributed by atoms with Crippen LogP contribution < -0.4 is 15.4 Å². The van der Waals surface area contributed by atoms with Crippen LogP contribution in [0.1, 0.15) is 6.92 Å². The van der Waals surface area contributed by atoms with Crippen LogP contribution in [0.2, 0.25) is 0 Å². The van der Waals surface area contributed by atoms with E-state index in [1.165, 1.54) is 11.8 Å². The molecule has 128 valence electrons. The lowest BCUT2D eigenvalue weighted by atomic mass is 10.3. The second kappa shape index (κ2) is 8.66. The van der Waals surface area contributed by atoms with Crippen molar-refractivity contribution in [2.75, 3.05) is 20.2 Å². The molecule has 0 aromatic heterocycles. The fraction of sp³-hybridized carbons (Fsp3) is 0.429. The van der Waals surface area contributed by atoms with E-state index in [4.69, 9.17) is 4.74 Å². The third kappa shape index (κ3) is 7.78. The average molecular weight is 350 g/mol. The molecule has 0 aliphatic rings. The quantitative estimate of drug-likeness (QED) is 0.738. The first-order valence-corrected chi connectivity index (χ1v) is 7.51. The molecule has 1 unspecified atom stereocenters. The van der Waals surface area contributed by atoms with Gasteiger partial charge in [-0.3, -0.25) is 9.59 Å². The van der Waals surface area contributed by atoms with E-state index in [-0.39, 0.29) is 0 Å². The van der Waals surface area contributed by atoms with E-state index in [1.54, 1.807) is 43.6 Å². The molecule has 0 saturated carbocycles. The Balaban J connectivity index is 2.37. The number of nitrogens with one attached hydrogen (secondary N) is 2. The van der Waals surface area contributed by atoms with Crippen LogP contribution in [-0.4, -0.2) is 43.4 Å². The van der Waals surface area contributed by atoms with E-state index in [2.05, 4.69) is 5.32 Å². The number of alkyl halides is 3. The SMILES string of the molecule is COc1ccc(SC(C)C(=O)NCC(=O)NCC(F)(F)F)cc1.